The maximum absolute atomic E-state index is 8.95. The lowest BCUT2D eigenvalue weighted by atomic mass is 10.0. The summed E-state index contributed by atoms with van der Waals surface area (Å²) in [7, 11) is 1.63. The lowest BCUT2D eigenvalue weighted by Crippen LogP contribution is -2.08. The Balaban J connectivity index is 2.74. The van der Waals surface area contributed by atoms with E-state index in [1.54, 1.807) is 7.11 Å². The molecule has 0 saturated heterocycles. The molecule has 1 atom stereocenters. The fourth-order valence-electron chi connectivity index (χ4n) is 2.15. The molecule has 0 amide bonds. The largest absolute Gasteiger partial charge is 0.497 e. The van der Waals surface area contributed by atoms with Gasteiger partial charge in [-0.2, -0.15) is 5.26 Å². The molecule has 0 fully saturated rings. The minimum absolute atomic E-state index is 0.539. The molecule has 0 saturated carbocycles. The predicted octanol–water partition coefficient (Wildman–Crippen LogP) is 4.79. The van der Waals surface area contributed by atoms with Gasteiger partial charge in [-0.05, 0) is 24.5 Å². The third-order valence-corrected chi connectivity index (χ3v) is 3.57. The van der Waals surface area contributed by atoms with E-state index in [1.807, 2.05) is 24.3 Å². The maximum atomic E-state index is 8.95. The van der Waals surface area contributed by atoms with Gasteiger partial charge < -0.3 is 9.47 Å². The molecule has 114 valence electrons. The number of benzene rings is 1. The van der Waals surface area contributed by atoms with Crippen LogP contribution in [-0.4, -0.2) is 13.7 Å². The third-order valence-electron chi connectivity index (χ3n) is 3.57. The van der Waals surface area contributed by atoms with Crippen molar-refractivity contribution in [3.8, 4) is 11.8 Å². The van der Waals surface area contributed by atoms with E-state index in [4.69, 9.17) is 14.7 Å². The second-order valence-electron chi connectivity index (χ2n) is 5.10. The average Bonchev–Trinajstić information content (AvgIpc) is 2.54. The predicted molar refractivity (Wildman–Crippen MR) is 85.8 cm³/mol. The van der Waals surface area contributed by atoms with E-state index < -0.39 is 0 Å². The van der Waals surface area contributed by atoms with E-state index in [0.29, 0.717) is 18.3 Å². The molecule has 0 heterocycles. The van der Waals surface area contributed by atoms with Crippen molar-refractivity contribution < 1.29 is 9.47 Å². The van der Waals surface area contributed by atoms with Crippen molar-refractivity contribution in [2.75, 3.05) is 13.7 Å². The number of nitrogens with zero attached hydrogens (tertiary/aromatic N) is 1. The number of rotatable bonds is 9. The molecule has 1 unspecified atom stereocenters. The summed E-state index contributed by atoms with van der Waals surface area (Å²) in [5.74, 6) is 1.92. The van der Waals surface area contributed by atoms with Crippen LogP contribution < -0.4 is 4.74 Å². The topological polar surface area (TPSA) is 42.2 Å². The molecule has 1 aromatic carbocycles. The average molecular weight is 287 g/mol. The molecule has 0 aromatic heterocycles. The molecule has 1 aromatic rings. The van der Waals surface area contributed by atoms with Gasteiger partial charge in [-0.1, -0.05) is 45.2 Å². The Bertz CT molecular complexity index is 488. The fourth-order valence-corrected chi connectivity index (χ4v) is 2.15. The van der Waals surface area contributed by atoms with Crippen LogP contribution in [0.15, 0.2) is 30.3 Å². The highest BCUT2D eigenvalue weighted by molar-refractivity contribution is 5.63. The first-order valence-electron chi connectivity index (χ1n) is 7.62. The Morgan fingerprint density at radius 3 is 2.81 bits per heavy atom. The zero-order chi connectivity index (χ0) is 15.5. The van der Waals surface area contributed by atoms with Gasteiger partial charge in [-0.25, -0.2) is 0 Å². The second-order valence-corrected chi connectivity index (χ2v) is 5.10. The number of hydrogen-bond donors (Lipinski definition) is 0. The Morgan fingerprint density at radius 1 is 1.38 bits per heavy atom. The van der Waals surface area contributed by atoms with Crippen LogP contribution in [-0.2, 0) is 4.74 Å². The lowest BCUT2D eigenvalue weighted by Gasteiger charge is -2.17. The van der Waals surface area contributed by atoms with Crippen LogP contribution in [0.3, 0.4) is 0 Å². The van der Waals surface area contributed by atoms with E-state index in [0.717, 1.165) is 17.7 Å². The Morgan fingerprint density at radius 2 is 2.19 bits per heavy atom. The van der Waals surface area contributed by atoms with E-state index in [9.17, 15) is 0 Å². The van der Waals surface area contributed by atoms with Gasteiger partial charge in [0.25, 0.3) is 0 Å². The number of unbranched alkanes of at least 4 members (excludes halogenated alkanes) is 1. The van der Waals surface area contributed by atoms with Crippen LogP contribution in [0.1, 0.15) is 45.1 Å². The Labute approximate surface area is 128 Å². The summed E-state index contributed by atoms with van der Waals surface area (Å²) in [6, 6.07) is 9.65. The highest BCUT2D eigenvalue weighted by atomic mass is 16.5. The molecular weight excluding hydrogens is 262 g/mol. The summed E-state index contributed by atoms with van der Waals surface area (Å²) in [6.07, 6.45) is 6.15. The fraction of sp³-hybridized carbons (Fsp3) is 0.500. The molecule has 0 spiro atoms. The van der Waals surface area contributed by atoms with Crippen LogP contribution in [0.2, 0.25) is 0 Å². The van der Waals surface area contributed by atoms with Crippen molar-refractivity contribution >= 4 is 5.76 Å². The van der Waals surface area contributed by atoms with Crippen LogP contribution >= 0.6 is 0 Å². The number of methoxy groups -OCH3 is 1. The molecule has 3 heteroatoms. The van der Waals surface area contributed by atoms with E-state index in [1.165, 1.54) is 25.3 Å². The second kappa shape index (κ2) is 9.88. The van der Waals surface area contributed by atoms with Gasteiger partial charge in [0.1, 0.15) is 11.5 Å². The summed E-state index contributed by atoms with van der Waals surface area (Å²) >= 11 is 0. The zero-order valence-electron chi connectivity index (χ0n) is 13.3. The summed E-state index contributed by atoms with van der Waals surface area (Å²) < 4.78 is 11.1. The van der Waals surface area contributed by atoms with Crippen molar-refractivity contribution in [1.82, 2.24) is 0 Å². The first kappa shape index (κ1) is 17.1. The quantitative estimate of drug-likeness (QED) is 0.484. The molecule has 0 aliphatic carbocycles. The van der Waals surface area contributed by atoms with Crippen LogP contribution in [0, 0.1) is 17.2 Å². The normalized spacial score (nSPS) is 12.6. The minimum Gasteiger partial charge on any atom is -0.497 e. The number of allylic oxidation sites excluding steroid dienone is 1. The zero-order valence-corrected chi connectivity index (χ0v) is 13.3. The molecule has 0 aliphatic heterocycles. The van der Waals surface area contributed by atoms with Crippen molar-refractivity contribution in [3.05, 3.63) is 35.9 Å². The number of hydrogen-bond acceptors (Lipinski definition) is 3. The minimum atomic E-state index is 0.539. The van der Waals surface area contributed by atoms with E-state index in [2.05, 4.69) is 19.9 Å². The van der Waals surface area contributed by atoms with Gasteiger partial charge in [0.15, 0.2) is 0 Å². The molecule has 0 N–H and O–H groups in total. The van der Waals surface area contributed by atoms with E-state index >= 15 is 0 Å². The van der Waals surface area contributed by atoms with Crippen molar-refractivity contribution in [2.24, 2.45) is 5.92 Å². The van der Waals surface area contributed by atoms with Gasteiger partial charge in [0.05, 0.1) is 25.9 Å². The molecule has 0 aliphatic rings. The molecule has 0 bridgehead atoms. The van der Waals surface area contributed by atoms with Crippen molar-refractivity contribution in [2.45, 2.75) is 39.5 Å². The van der Waals surface area contributed by atoms with Crippen molar-refractivity contribution in [1.29, 1.82) is 5.26 Å². The molecule has 0 radical (unpaired) electrons. The van der Waals surface area contributed by atoms with Crippen LogP contribution in [0.5, 0.6) is 5.75 Å². The smallest absolute Gasteiger partial charge is 0.137 e. The third kappa shape index (κ3) is 5.91. The molecule has 1 rings (SSSR count). The van der Waals surface area contributed by atoms with Gasteiger partial charge in [0.2, 0.25) is 0 Å². The number of nitriles is 1. The SMILES string of the molecule is CCCCC(CC)COC(=CC#N)c1cccc(OC)c1. The standard InChI is InChI=1S/C18H25NO2/c1-4-6-8-15(5-2)14-21-18(11-12-19)16-9-7-10-17(13-16)20-3/h7,9-11,13,15H,4-6,8,14H2,1-3H3. The highest BCUT2D eigenvalue weighted by Gasteiger charge is 2.10. The van der Waals surface area contributed by atoms with Crippen molar-refractivity contribution in [3.63, 3.8) is 0 Å². The summed E-state index contributed by atoms with van der Waals surface area (Å²) in [5.41, 5.74) is 0.876. The molecule has 3 nitrogen and oxygen atoms in total. The Hall–Kier alpha value is -1.95. The number of ether oxygens (including phenoxy) is 2. The maximum Gasteiger partial charge on any atom is 0.137 e. The van der Waals surface area contributed by atoms with Gasteiger partial charge in [-0.15, -0.1) is 0 Å². The first-order valence-corrected chi connectivity index (χ1v) is 7.62. The van der Waals surface area contributed by atoms with Gasteiger partial charge in [0, 0.05) is 5.56 Å². The lowest BCUT2D eigenvalue weighted by molar-refractivity contribution is 0.203. The van der Waals surface area contributed by atoms with Gasteiger partial charge in [-0.3, -0.25) is 0 Å². The summed E-state index contributed by atoms with van der Waals surface area (Å²) in [6.45, 7) is 5.04. The van der Waals surface area contributed by atoms with Crippen LogP contribution in [0.25, 0.3) is 5.76 Å². The molecular formula is C18H25NO2. The first-order chi connectivity index (χ1) is 10.2. The summed E-state index contributed by atoms with van der Waals surface area (Å²) in [5, 5.41) is 8.95. The van der Waals surface area contributed by atoms with Gasteiger partial charge >= 0.3 is 0 Å². The Kier molecular flexibility index (Phi) is 8.04. The highest BCUT2D eigenvalue weighted by Crippen LogP contribution is 2.23. The monoisotopic (exact) mass is 287 g/mol. The van der Waals surface area contributed by atoms with Crippen LogP contribution in [0.4, 0.5) is 0 Å². The van der Waals surface area contributed by atoms with E-state index in [-0.39, 0.29) is 0 Å². The molecule has 21 heavy (non-hydrogen) atoms. The summed E-state index contributed by atoms with van der Waals surface area (Å²) in [4.78, 5) is 0.